The van der Waals surface area contributed by atoms with E-state index in [2.05, 4.69) is 10.5 Å². The third kappa shape index (κ3) is 4.37. The maximum atomic E-state index is 11.7. The van der Waals surface area contributed by atoms with Crippen LogP contribution in [-0.2, 0) is 4.79 Å². The van der Waals surface area contributed by atoms with Crippen LogP contribution in [-0.4, -0.2) is 22.1 Å². The van der Waals surface area contributed by atoms with E-state index in [9.17, 15) is 4.79 Å². The van der Waals surface area contributed by atoms with Gasteiger partial charge in [-0.2, -0.15) is 11.8 Å². The fraction of sp³-hybridized carbons (Fsp3) is 0.692. The first-order valence-electron chi connectivity index (χ1n) is 6.59. The molecule has 1 fully saturated rings. The highest BCUT2D eigenvalue weighted by Gasteiger charge is 2.14. The Labute approximate surface area is 112 Å². The molecular weight excluding hydrogens is 248 g/mol. The molecule has 0 bridgehead atoms. The summed E-state index contributed by atoms with van der Waals surface area (Å²) >= 11 is 1.94. The largest absolute Gasteiger partial charge is 0.360 e. The summed E-state index contributed by atoms with van der Waals surface area (Å²) in [6, 6.07) is 1.73. The van der Waals surface area contributed by atoms with E-state index in [0.717, 1.165) is 11.0 Å². The number of nitrogens with one attached hydrogen (secondary N) is 1. The predicted octanol–water partition coefficient (Wildman–Crippen LogP) is 3.38. The van der Waals surface area contributed by atoms with E-state index in [1.165, 1.54) is 32.1 Å². The van der Waals surface area contributed by atoms with E-state index in [1.54, 1.807) is 6.07 Å². The second-order valence-corrected chi connectivity index (χ2v) is 6.16. The topological polar surface area (TPSA) is 55.1 Å². The number of carbonyl (C=O) groups is 1. The molecule has 2 rings (SSSR count). The fourth-order valence-corrected chi connectivity index (χ4v) is 3.48. The van der Waals surface area contributed by atoms with E-state index in [1.807, 2.05) is 18.7 Å². The van der Waals surface area contributed by atoms with E-state index in [-0.39, 0.29) is 5.91 Å². The molecular formula is C13H20N2O2S. The van der Waals surface area contributed by atoms with Crippen molar-refractivity contribution in [3.05, 3.63) is 11.8 Å². The minimum absolute atomic E-state index is 0.0200. The number of aromatic nitrogens is 1. The molecule has 0 unspecified atom stereocenters. The third-order valence-electron chi connectivity index (χ3n) is 3.13. The lowest BCUT2D eigenvalue weighted by atomic mass is 10.0. The number of thioether (sulfide) groups is 1. The highest BCUT2D eigenvalue weighted by Crippen LogP contribution is 2.28. The zero-order valence-electron chi connectivity index (χ0n) is 10.8. The summed E-state index contributed by atoms with van der Waals surface area (Å²) in [5, 5.41) is 7.25. The van der Waals surface area contributed by atoms with Gasteiger partial charge in [0.25, 0.3) is 0 Å². The number of nitrogens with zero attached hydrogens (tertiary/aromatic N) is 1. The Morgan fingerprint density at radius 3 is 2.94 bits per heavy atom. The van der Waals surface area contributed by atoms with Crippen molar-refractivity contribution < 1.29 is 9.32 Å². The molecule has 18 heavy (non-hydrogen) atoms. The normalized spacial score (nSPS) is 16.7. The third-order valence-corrected chi connectivity index (χ3v) is 4.51. The second-order valence-electron chi connectivity index (χ2n) is 4.75. The summed E-state index contributed by atoms with van der Waals surface area (Å²) in [4.78, 5) is 11.7. The van der Waals surface area contributed by atoms with Crippen LogP contribution in [0.15, 0.2) is 10.6 Å². The average Bonchev–Trinajstić information content (AvgIpc) is 2.76. The molecule has 0 radical (unpaired) electrons. The standard InChI is InChI=1S/C13H20N2O2S/c1-10-9-12(15-17-10)14-13(16)7-8-18-11-5-3-2-4-6-11/h9,11H,2-8H2,1H3,(H,14,15,16). The second kappa shape index (κ2) is 6.83. The van der Waals surface area contributed by atoms with Gasteiger partial charge in [0, 0.05) is 23.5 Å². The molecule has 0 atom stereocenters. The molecule has 1 saturated carbocycles. The van der Waals surface area contributed by atoms with Gasteiger partial charge in [0.05, 0.1) is 0 Å². The van der Waals surface area contributed by atoms with Gasteiger partial charge in [-0.25, -0.2) is 0 Å². The van der Waals surface area contributed by atoms with Crippen LogP contribution in [0.3, 0.4) is 0 Å². The number of aryl methyl sites for hydroxylation is 1. The van der Waals surface area contributed by atoms with Crippen LogP contribution in [0.25, 0.3) is 0 Å². The summed E-state index contributed by atoms with van der Waals surface area (Å²) in [5.74, 6) is 2.14. The lowest BCUT2D eigenvalue weighted by molar-refractivity contribution is -0.115. The van der Waals surface area contributed by atoms with Crippen molar-refractivity contribution in [3.8, 4) is 0 Å². The fourth-order valence-electron chi connectivity index (χ4n) is 2.18. The van der Waals surface area contributed by atoms with Crippen molar-refractivity contribution in [2.45, 2.75) is 50.7 Å². The first-order valence-corrected chi connectivity index (χ1v) is 7.63. The zero-order valence-corrected chi connectivity index (χ0v) is 11.6. The smallest absolute Gasteiger partial charge is 0.226 e. The SMILES string of the molecule is Cc1cc(NC(=O)CCSC2CCCCC2)no1. The number of carbonyl (C=O) groups excluding carboxylic acids is 1. The van der Waals surface area contributed by atoms with Gasteiger partial charge in [0.2, 0.25) is 5.91 Å². The molecule has 1 aromatic rings. The summed E-state index contributed by atoms with van der Waals surface area (Å²) in [7, 11) is 0. The molecule has 0 aliphatic heterocycles. The van der Waals surface area contributed by atoms with Crippen LogP contribution in [0, 0.1) is 6.92 Å². The number of rotatable bonds is 5. The summed E-state index contributed by atoms with van der Waals surface area (Å²) in [6.07, 6.45) is 7.25. The molecule has 5 heteroatoms. The minimum Gasteiger partial charge on any atom is -0.360 e. The van der Waals surface area contributed by atoms with E-state index >= 15 is 0 Å². The van der Waals surface area contributed by atoms with Gasteiger partial charge in [-0.3, -0.25) is 4.79 Å². The Kier molecular flexibility index (Phi) is 5.11. The molecule has 0 aromatic carbocycles. The van der Waals surface area contributed by atoms with Gasteiger partial charge in [0.1, 0.15) is 5.76 Å². The van der Waals surface area contributed by atoms with E-state index < -0.39 is 0 Å². The van der Waals surface area contributed by atoms with Gasteiger partial charge in [-0.1, -0.05) is 24.4 Å². The summed E-state index contributed by atoms with van der Waals surface area (Å²) < 4.78 is 4.90. The Bertz CT molecular complexity index is 386. The van der Waals surface area contributed by atoms with Crippen LogP contribution in [0.1, 0.15) is 44.3 Å². The monoisotopic (exact) mass is 268 g/mol. The first-order chi connectivity index (χ1) is 8.74. The molecule has 0 spiro atoms. The van der Waals surface area contributed by atoms with Crippen molar-refractivity contribution in [3.63, 3.8) is 0 Å². The Hall–Kier alpha value is -0.970. The lowest BCUT2D eigenvalue weighted by Gasteiger charge is -2.20. The van der Waals surface area contributed by atoms with E-state index in [4.69, 9.17) is 4.52 Å². The quantitative estimate of drug-likeness (QED) is 0.889. The summed E-state index contributed by atoms with van der Waals surface area (Å²) in [6.45, 7) is 1.81. The van der Waals surface area contributed by atoms with Gasteiger partial charge in [0.15, 0.2) is 5.82 Å². The number of hydrogen-bond acceptors (Lipinski definition) is 4. The highest BCUT2D eigenvalue weighted by molar-refractivity contribution is 7.99. The highest BCUT2D eigenvalue weighted by atomic mass is 32.2. The van der Waals surface area contributed by atoms with Gasteiger partial charge >= 0.3 is 0 Å². The van der Waals surface area contributed by atoms with Crippen LogP contribution in [0.5, 0.6) is 0 Å². The predicted molar refractivity (Wildman–Crippen MR) is 73.8 cm³/mol. The van der Waals surface area contributed by atoms with Crippen molar-refractivity contribution in [1.29, 1.82) is 0 Å². The number of amides is 1. The average molecular weight is 268 g/mol. The number of anilines is 1. The molecule has 100 valence electrons. The van der Waals surface area contributed by atoms with Crippen molar-refractivity contribution in [2.24, 2.45) is 0 Å². The maximum Gasteiger partial charge on any atom is 0.226 e. The lowest BCUT2D eigenvalue weighted by Crippen LogP contribution is -2.14. The minimum atomic E-state index is 0.0200. The molecule has 1 N–H and O–H groups in total. The van der Waals surface area contributed by atoms with Crippen molar-refractivity contribution in [1.82, 2.24) is 5.16 Å². The van der Waals surface area contributed by atoms with Gasteiger partial charge in [-0.05, 0) is 19.8 Å². The van der Waals surface area contributed by atoms with Gasteiger partial charge < -0.3 is 9.84 Å². The van der Waals surface area contributed by atoms with Crippen molar-refractivity contribution in [2.75, 3.05) is 11.1 Å². The molecule has 1 heterocycles. The molecule has 1 aliphatic rings. The van der Waals surface area contributed by atoms with Crippen LogP contribution in [0.4, 0.5) is 5.82 Å². The van der Waals surface area contributed by atoms with Gasteiger partial charge in [-0.15, -0.1) is 0 Å². The van der Waals surface area contributed by atoms with E-state index in [0.29, 0.717) is 18.0 Å². The summed E-state index contributed by atoms with van der Waals surface area (Å²) in [5.41, 5.74) is 0. The van der Waals surface area contributed by atoms with Crippen molar-refractivity contribution >= 4 is 23.5 Å². The van der Waals surface area contributed by atoms with Crippen LogP contribution in [0.2, 0.25) is 0 Å². The maximum absolute atomic E-state index is 11.7. The molecule has 1 aliphatic carbocycles. The Balaban J connectivity index is 1.62. The van der Waals surface area contributed by atoms with Crippen LogP contribution >= 0.6 is 11.8 Å². The molecule has 4 nitrogen and oxygen atoms in total. The van der Waals surface area contributed by atoms with Crippen LogP contribution < -0.4 is 5.32 Å². The Morgan fingerprint density at radius 1 is 1.50 bits per heavy atom. The first kappa shape index (κ1) is 13.5. The Morgan fingerprint density at radius 2 is 2.28 bits per heavy atom. The number of hydrogen-bond donors (Lipinski definition) is 1. The zero-order chi connectivity index (χ0) is 12.8. The molecule has 1 aromatic heterocycles. The molecule has 1 amide bonds. The molecule has 0 saturated heterocycles.